The Labute approximate surface area is 305 Å². The van der Waals surface area contributed by atoms with Gasteiger partial charge in [-0.25, -0.2) is 0 Å². The fraction of sp³-hybridized carbons (Fsp3) is 0.244. The molecule has 49 heavy (non-hydrogen) atoms. The summed E-state index contributed by atoms with van der Waals surface area (Å²) < 4.78 is 5.62. The van der Waals surface area contributed by atoms with E-state index >= 15 is 0 Å². The SMILES string of the molecule is CC1CC(C2CCC(C3CCC(c4ccc(-c5cccc6c5sc5ccccc56)cc4)S3)S2)=CC=C1c1cccc2c1sc1ccccc12. The summed E-state index contributed by atoms with van der Waals surface area (Å²) in [5.41, 5.74) is 8.84. The largest absolute Gasteiger partial charge is 0.150 e. The molecule has 0 N–H and O–H groups in total. The van der Waals surface area contributed by atoms with Gasteiger partial charge in [0.2, 0.25) is 0 Å². The molecule has 2 saturated heterocycles. The van der Waals surface area contributed by atoms with E-state index in [9.17, 15) is 0 Å². The Kier molecular flexibility index (Phi) is 7.79. The summed E-state index contributed by atoms with van der Waals surface area (Å²) in [5.74, 6) is 0.550. The normalized spacial score (nSPS) is 24.3. The van der Waals surface area contributed by atoms with E-state index in [1.165, 1.54) is 100 Å². The van der Waals surface area contributed by atoms with Gasteiger partial charge in [0, 0.05) is 61.3 Å². The third-order valence-corrected chi connectivity index (χ3v) is 17.3. The first-order valence-electron chi connectivity index (χ1n) is 17.8. The highest BCUT2D eigenvalue weighted by molar-refractivity contribution is 8.04. The highest BCUT2D eigenvalue weighted by Gasteiger charge is 2.38. The molecule has 4 heterocycles. The number of hydrogen-bond donors (Lipinski definition) is 0. The molecule has 0 nitrogen and oxygen atoms in total. The van der Waals surface area contributed by atoms with Crippen molar-refractivity contribution in [1.82, 2.24) is 0 Å². The van der Waals surface area contributed by atoms with Gasteiger partial charge in [-0.15, -0.1) is 46.2 Å². The van der Waals surface area contributed by atoms with Crippen LogP contribution in [0.4, 0.5) is 0 Å². The second kappa shape index (κ2) is 12.5. The Bertz CT molecular complexity index is 2420. The van der Waals surface area contributed by atoms with Gasteiger partial charge in [0.1, 0.15) is 0 Å². The van der Waals surface area contributed by atoms with Crippen molar-refractivity contribution in [3.63, 3.8) is 0 Å². The van der Waals surface area contributed by atoms with E-state index in [1.54, 1.807) is 5.57 Å². The number of benzene rings is 5. The van der Waals surface area contributed by atoms with E-state index in [1.807, 2.05) is 22.7 Å². The van der Waals surface area contributed by atoms with Gasteiger partial charge in [0.05, 0.1) is 0 Å². The summed E-state index contributed by atoms with van der Waals surface area (Å²) >= 11 is 8.45. The summed E-state index contributed by atoms with van der Waals surface area (Å²) in [7, 11) is 0. The first kappa shape index (κ1) is 30.5. The van der Waals surface area contributed by atoms with Crippen molar-refractivity contribution in [3.8, 4) is 11.1 Å². The zero-order valence-corrected chi connectivity index (χ0v) is 30.9. The van der Waals surface area contributed by atoms with E-state index in [4.69, 9.17) is 0 Å². The molecule has 1 aliphatic carbocycles. The molecule has 7 aromatic rings. The fourth-order valence-corrected chi connectivity index (χ4v) is 14.8. The van der Waals surface area contributed by atoms with Crippen molar-refractivity contribution in [2.45, 2.75) is 60.0 Å². The molecule has 242 valence electrons. The third kappa shape index (κ3) is 5.33. The number of hydrogen-bond acceptors (Lipinski definition) is 4. The zero-order chi connectivity index (χ0) is 32.5. The Hall–Kier alpha value is -3.28. The van der Waals surface area contributed by atoms with Crippen molar-refractivity contribution in [1.29, 1.82) is 0 Å². The topological polar surface area (TPSA) is 0 Å². The monoisotopic (exact) mass is 706 g/mol. The Morgan fingerprint density at radius 3 is 1.76 bits per heavy atom. The van der Waals surface area contributed by atoms with Crippen LogP contribution in [0.1, 0.15) is 55.4 Å². The average Bonchev–Trinajstić information content (AvgIpc) is 3.96. The van der Waals surface area contributed by atoms with Gasteiger partial charge in [0.15, 0.2) is 0 Å². The second-order valence-electron chi connectivity index (χ2n) is 14.1. The maximum atomic E-state index is 2.51. The van der Waals surface area contributed by atoms with E-state index in [0.717, 1.165) is 10.5 Å². The van der Waals surface area contributed by atoms with Crippen LogP contribution in [0.2, 0.25) is 0 Å². The van der Waals surface area contributed by atoms with E-state index < -0.39 is 0 Å². The highest BCUT2D eigenvalue weighted by Crippen LogP contribution is 2.54. The molecule has 2 fully saturated rings. The van der Waals surface area contributed by atoms with Crippen molar-refractivity contribution in [2.75, 3.05) is 0 Å². The van der Waals surface area contributed by atoms with Crippen LogP contribution in [0.25, 0.3) is 57.0 Å². The molecular formula is C45H38S4. The minimum atomic E-state index is 0.550. The predicted octanol–water partition coefficient (Wildman–Crippen LogP) is 14.3. The molecule has 5 atom stereocenters. The lowest BCUT2D eigenvalue weighted by molar-refractivity contribution is 0.657. The van der Waals surface area contributed by atoms with E-state index in [0.29, 0.717) is 16.4 Å². The van der Waals surface area contributed by atoms with Crippen LogP contribution in [-0.2, 0) is 0 Å². The van der Waals surface area contributed by atoms with Gasteiger partial charge in [-0.05, 0) is 78.0 Å². The van der Waals surface area contributed by atoms with Crippen LogP contribution in [-0.4, -0.2) is 15.7 Å². The van der Waals surface area contributed by atoms with Crippen LogP contribution in [0, 0.1) is 5.92 Å². The molecule has 0 radical (unpaired) electrons. The lowest BCUT2D eigenvalue weighted by Crippen LogP contribution is -2.15. The number of thioether (sulfide) groups is 2. The molecule has 3 aliphatic rings. The number of thiophene rings is 2. The van der Waals surface area contributed by atoms with Gasteiger partial charge < -0.3 is 0 Å². The molecule has 0 amide bonds. The van der Waals surface area contributed by atoms with Crippen molar-refractivity contribution in [2.24, 2.45) is 5.92 Å². The molecule has 2 aromatic heterocycles. The van der Waals surface area contributed by atoms with Crippen LogP contribution in [0.3, 0.4) is 0 Å². The van der Waals surface area contributed by atoms with Crippen LogP contribution in [0.5, 0.6) is 0 Å². The molecule has 5 aromatic carbocycles. The molecule has 0 bridgehead atoms. The fourth-order valence-electron chi connectivity index (χ4n) is 8.70. The minimum Gasteiger partial charge on any atom is -0.150 e. The highest BCUT2D eigenvalue weighted by atomic mass is 32.2. The summed E-state index contributed by atoms with van der Waals surface area (Å²) in [6, 6.07) is 41.0. The Morgan fingerprint density at radius 1 is 0.510 bits per heavy atom. The van der Waals surface area contributed by atoms with Crippen LogP contribution >= 0.6 is 46.2 Å². The molecule has 4 heteroatoms. The van der Waals surface area contributed by atoms with Gasteiger partial charge >= 0.3 is 0 Å². The lowest BCUT2D eigenvalue weighted by Gasteiger charge is -2.26. The number of allylic oxidation sites excluding steroid dienone is 3. The first-order chi connectivity index (χ1) is 24.2. The Balaban J connectivity index is 0.826. The molecule has 10 rings (SSSR count). The predicted molar refractivity (Wildman–Crippen MR) is 222 cm³/mol. The van der Waals surface area contributed by atoms with Crippen molar-refractivity contribution in [3.05, 3.63) is 138 Å². The zero-order valence-electron chi connectivity index (χ0n) is 27.6. The third-order valence-electron chi connectivity index (χ3n) is 11.2. The number of rotatable bonds is 5. The van der Waals surface area contributed by atoms with Crippen LogP contribution in [0.15, 0.2) is 127 Å². The summed E-state index contributed by atoms with van der Waals surface area (Å²) in [6.45, 7) is 2.45. The standard InChI is InChI=1S/C45H38S4/c1-27-26-30(20-21-31(27)35-11-7-13-37-34-9-3-5-15-41(34)49-45(35)37)39-23-25-43(47-39)42-24-22-38(46-42)29-18-16-28(17-19-29)32-10-6-12-36-33-8-2-4-14-40(33)48-44(32)36/h2-21,27,38-39,42-43H,22-26H2,1H3. The average molecular weight is 707 g/mol. The van der Waals surface area contributed by atoms with Crippen molar-refractivity contribution >= 4 is 92.1 Å². The summed E-state index contributed by atoms with van der Waals surface area (Å²) in [4.78, 5) is 0. The molecular weight excluding hydrogens is 669 g/mol. The van der Waals surface area contributed by atoms with Gasteiger partial charge in [-0.3, -0.25) is 0 Å². The molecule has 0 spiro atoms. The number of fused-ring (bicyclic) bond motifs is 6. The molecule has 5 unspecified atom stereocenters. The Morgan fingerprint density at radius 2 is 1.08 bits per heavy atom. The molecule has 0 saturated carbocycles. The lowest BCUT2D eigenvalue weighted by atomic mass is 9.83. The first-order valence-corrected chi connectivity index (χ1v) is 21.3. The van der Waals surface area contributed by atoms with E-state index in [-0.39, 0.29) is 0 Å². The quantitative estimate of drug-likeness (QED) is 0.175. The van der Waals surface area contributed by atoms with Gasteiger partial charge in [-0.1, -0.05) is 122 Å². The van der Waals surface area contributed by atoms with E-state index in [2.05, 4.69) is 152 Å². The smallest absolute Gasteiger partial charge is 0.0433 e. The summed E-state index contributed by atoms with van der Waals surface area (Å²) in [6.07, 6.45) is 11.5. The maximum absolute atomic E-state index is 2.51. The minimum absolute atomic E-state index is 0.550. The maximum Gasteiger partial charge on any atom is 0.0433 e. The second-order valence-corrected chi connectivity index (χ2v) is 19.1. The van der Waals surface area contributed by atoms with Crippen LogP contribution < -0.4 is 0 Å². The van der Waals surface area contributed by atoms with Gasteiger partial charge in [-0.2, -0.15) is 0 Å². The molecule has 2 aliphatic heterocycles. The van der Waals surface area contributed by atoms with Gasteiger partial charge in [0.25, 0.3) is 0 Å². The summed E-state index contributed by atoms with van der Waals surface area (Å²) in [5, 5.41) is 8.40. The van der Waals surface area contributed by atoms with Crippen molar-refractivity contribution < 1.29 is 0 Å².